The molecule has 0 spiro atoms. The number of nitrogens with zero attached hydrogens (tertiary/aromatic N) is 1. The zero-order valence-corrected chi connectivity index (χ0v) is 10.2. The van der Waals surface area contributed by atoms with Gasteiger partial charge < -0.3 is 16.0 Å². The molecule has 0 amide bonds. The van der Waals surface area contributed by atoms with Crippen molar-refractivity contribution >= 4 is 0 Å². The second kappa shape index (κ2) is 8.21. The minimum atomic E-state index is 0.491. The molecule has 0 aliphatic heterocycles. The highest BCUT2D eigenvalue weighted by molar-refractivity contribution is 4.75. The molecule has 0 aromatic carbocycles. The van der Waals surface area contributed by atoms with Crippen LogP contribution in [0.1, 0.15) is 26.7 Å². The fraction of sp³-hybridized carbons (Fsp3) is 1.00. The van der Waals surface area contributed by atoms with E-state index in [1.54, 1.807) is 0 Å². The van der Waals surface area contributed by atoms with Crippen molar-refractivity contribution in [3.05, 3.63) is 0 Å². The van der Waals surface area contributed by atoms with Crippen molar-refractivity contribution in [2.45, 2.75) is 32.7 Å². The van der Waals surface area contributed by atoms with Crippen LogP contribution in [0.4, 0.5) is 0 Å². The first-order chi connectivity index (χ1) is 6.65. The van der Waals surface area contributed by atoms with Gasteiger partial charge >= 0.3 is 0 Å². The molecule has 1 unspecified atom stereocenters. The molecule has 0 heterocycles. The maximum atomic E-state index is 5.77. The molecule has 3 heteroatoms. The molecular formula is C11H27N3. The maximum absolute atomic E-state index is 5.77. The number of hydrogen-bond acceptors (Lipinski definition) is 3. The number of nitrogens with two attached hydrogens (primary N) is 1. The summed E-state index contributed by atoms with van der Waals surface area (Å²) >= 11 is 0. The third kappa shape index (κ3) is 5.58. The van der Waals surface area contributed by atoms with Gasteiger partial charge in [-0.15, -0.1) is 0 Å². The molecule has 0 aliphatic rings. The molecule has 86 valence electrons. The van der Waals surface area contributed by atoms with Gasteiger partial charge in [0, 0.05) is 25.7 Å². The van der Waals surface area contributed by atoms with Gasteiger partial charge in [0.25, 0.3) is 0 Å². The molecule has 0 rings (SSSR count). The highest BCUT2D eigenvalue weighted by atomic mass is 15.1. The summed E-state index contributed by atoms with van der Waals surface area (Å²) in [6, 6.07) is 0.491. The van der Waals surface area contributed by atoms with Crippen LogP contribution in [0.25, 0.3) is 0 Å². The molecule has 14 heavy (non-hydrogen) atoms. The van der Waals surface area contributed by atoms with E-state index in [0.717, 1.165) is 25.6 Å². The van der Waals surface area contributed by atoms with Crippen LogP contribution in [0.2, 0.25) is 0 Å². The summed E-state index contributed by atoms with van der Waals surface area (Å²) in [4.78, 5) is 2.19. The first kappa shape index (κ1) is 13.9. The summed E-state index contributed by atoms with van der Waals surface area (Å²) < 4.78 is 0. The van der Waals surface area contributed by atoms with Crippen LogP contribution in [0.5, 0.6) is 0 Å². The number of likely N-dealkylation sites (N-methyl/N-ethyl adjacent to an activating group) is 1. The summed E-state index contributed by atoms with van der Waals surface area (Å²) in [5.74, 6) is 0.724. The zero-order valence-electron chi connectivity index (χ0n) is 10.2. The topological polar surface area (TPSA) is 41.3 Å². The van der Waals surface area contributed by atoms with Gasteiger partial charge in [-0.25, -0.2) is 0 Å². The Morgan fingerprint density at radius 2 is 1.79 bits per heavy atom. The van der Waals surface area contributed by atoms with Crippen molar-refractivity contribution in [2.75, 3.05) is 33.7 Å². The van der Waals surface area contributed by atoms with E-state index in [9.17, 15) is 0 Å². The molecule has 0 fully saturated rings. The van der Waals surface area contributed by atoms with Gasteiger partial charge in [0.15, 0.2) is 0 Å². The highest BCUT2D eigenvalue weighted by Crippen LogP contribution is 2.11. The van der Waals surface area contributed by atoms with E-state index in [4.69, 9.17) is 5.73 Å². The predicted molar refractivity (Wildman–Crippen MR) is 63.5 cm³/mol. The lowest BCUT2D eigenvalue weighted by atomic mass is 9.94. The molecule has 3 N–H and O–H groups in total. The smallest absolute Gasteiger partial charge is 0.0218 e. The first-order valence-corrected chi connectivity index (χ1v) is 5.73. The average Bonchev–Trinajstić information content (AvgIpc) is 2.16. The SMILES string of the molecule is CCC(CC)C(CN)NCCN(C)C. The Balaban J connectivity index is 3.77. The van der Waals surface area contributed by atoms with Crippen LogP contribution in [0.3, 0.4) is 0 Å². The molecule has 0 radical (unpaired) electrons. The van der Waals surface area contributed by atoms with Crippen LogP contribution in [0.15, 0.2) is 0 Å². The summed E-state index contributed by atoms with van der Waals surface area (Å²) in [6.45, 7) is 7.34. The van der Waals surface area contributed by atoms with E-state index in [0.29, 0.717) is 6.04 Å². The van der Waals surface area contributed by atoms with Crippen molar-refractivity contribution in [1.29, 1.82) is 0 Å². The Bertz CT molecular complexity index is 122. The minimum Gasteiger partial charge on any atom is -0.329 e. The first-order valence-electron chi connectivity index (χ1n) is 5.73. The van der Waals surface area contributed by atoms with Crippen molar-refractivity contribution in [3.8, 4) is 0 Å². The van der Waals surface area contributed by atoms with Crippen molar-refractivity contribution in [1.82, 2.24) is 10.2 Å². The number of rotatable bonds is 8. The maximum Gasteiger partial charge on any atom is 0.0218 e. The van der Waals surface area contributed by atoms with Crippen LogP contribution >= 0.6 is 0 Å². The Kier molecular flexibility index (Phi) is 8.14. The Morgan fingerprint density at radius 3 is 2.14 bits per heavy atom. The minimum absolute atomic E-state index is 0.491. The van der Waals surface area contributed by atoms with Crippen molar-refractivity contribution < 1.29 is 0 Å². The number of hydrogen-bond donors (Lipinski definition) is 2. The molecule has 0 aromatic heterocycles. The van der Waals surface area contributed by atoms with Gasteiger partial charge in [-0.1, -0.05) is 26.7 Å². The van der Waals surface area contributed by atoms with Gasteiger partial charge in [-0.2, -0.15) is 0 Å². The molecule has 0 aromatic rings. The van der Waals surface area contributed by atoms with E-state index in [2.05, 4.69) is 38.2 Å². The third-order valence-electron chi connectivity index (χ3n) is 2.84. The lowest BCUT2D eigenvalue weighted by molar-refractivity contribution is 0.317. The summed E-state index contributed by atoms with van der Waals surface area (Å²) in [5, 5.41) is 3.54. The highest BCUT2D eigenvalue weighted by Gasteiger charge is 2.15. The van der Waals surface area contributed by atoms with Crippen LogP contribution in [0, 0.1) is 5.92 Å². The van der Waals surface area contributed by atoms with E-state index in [1.165, 1.54) is 12.8 Å². The summed E-state index contributed by atoms with van der Waals surface area (Å²) in [7, 11) is 4.19. The summed E-state index contributed by atoms with van der Waals surface area (Å²) in [5.41, 5.74) is 5.77. The Morgan fingerprint density at radius 1 is 1.21 bits per heavy atom. The van der Waals surface area contributed by atoms with E-state index in [-0.39, 0.29) is 0 Å². The molecular weight excluding hydrogens is 174 g/mol. The van der Waals surface area contributed by atoms with Gasteiger partial charge in [0.2, 0.25) is 0 Å². The summed E-state index contributed by atoms with van der Waals surface area (Å²) in [6.07, 6.45) is 2.43. The monoisotopic (exact) mass is 201 g/mol. The van der Waals surface area contributed by atoms with Crippen LogP contribution < -0.4 is 11.1 Å². The molecule has 0 saturated heterocycles. The second-order valence-electron chi connectivity index (χ2n) is 4.18. The molecule has 0 aliphatic carbocycles. The van der Waals surface area contributed by atoms with Gasteiger partial charge in [0.1, 0.15) is 0 Å². The zero-order chi connectivity index (χ0) is 11.0. The second-order valence-corrected chi connectivity index (χ2v) is 4.18. The third-order valence-corrected chi connectivity index (χ3v) is 2.84. The fourth-order valence-electron chi connectivity index (χ4n) is 1.77. The largest absolute Gasteiger partial charge is 0.329 e. The van der Waals surface area contributed by atoms with Crippen LogP contribution in [-0.4, -0.2) is 44.7 Å². The molecule has 0 saturated carbocycles. The van der Waals surface area contributed by atoms with Gasteiger partial charge in [-0.3, -0.25) is 0 Å². The Labute approximate surface area is 89.0 Å². The average molecular weight is 201 g/mol. The van der Waals surface area contributed by atoms with Gasteiger partial charge in [0.05, 0.1) is 0 Å². The van der Waals surface area contributed by atoms with E-state index < -0.39 is 0 Å². The van der Waals surface area contributed by atoms with E-state index in [1.807, 2.05) is 0 Å². The lowest BCUT2D eigenvalue weighted by Gasteiger charge is -2.25. The predicted octanol–water partition coefficient (Wildman–Crippen LogP) is 0.901. The Hall–Kier alpha value is -0.120. The van der Waals surface area contributed by atoms with Gasteiger partial charge in [-0.05, 0) is 20.0 Å². The van der Waals surface area contributed by atoms with Crippen LogP contribution in [-0.2, 0) is 0 Å². The standard InChI is InChI=1S/C11H27N3/c1-5-10(6-2)11(9-12)13-7-8-14(3)4/h10-11,13H,5-9,12H2,1-4H3. The number of nitrogens with one attached hydrogen (secondary N) is 1. The fourth-order valence-corrected chi connectivity index (χ4v) is 1.77. The quantitative estimate of drug-likeness (QED) is 0.613. The molecule has 3 nitrogen and oxygen atoms in total. The molecule has 0 bridgehead atoms. The lowest BCUT2D eigenvalue weighted by Crippen LogP contribution is -2.44. The van der Waals surface area contributed by atoms with Crippen molar-refractivity contribution in [2.24, 2.45) is 11.7 Å². The van der Waals surface area contributed by atoms with E-state index >= 15 is 0 Å². The molecule has 1 atom stereocenters. The normalized spacial score (nSPS) is 13.9. The van der Waals surface area contributed by atoms with Crippen molar-refractivity contribution in [3.63, 3.8) is 0 Å².